The predicted molar refractivity (Wildman–Crippen MR) is 71.8 cm³/mol. The summed E-state index contributed by atoms with van der Waals surface area (Å²) in [6, 6.07) is 2.88. The smallest absolute Gasteiger partial charge is 0.261 e. The minimum absolute atomic E-state index is 0.0183. The molecule has 3 nitrogen and oxygen atoms in total. The Balaban J connectivity index is 2.45. The lowest BCUT2D eigenvalue weighted by Crippen LogP contribution is -2.18. The minimum Gasteiger partial charge on any atom is -0.507 e. The molecule has 0 heterocycles. The van der Waals surface area contributed by atoms with Gasteiger partial charge in [0.1, 0.15) is 11.3 Å². The number of aryl methyl sites for hydroxylation is 1. The molecule has 2 aromatic carbocycles. The molecule has 0 aliphatic carbocycles. The third-order valence-electron chi connectivity index (χ3n) is 3.22. The average molecular weight is 313 g/mol. The van der Waals surface area contributed by atoms with Gasteiger partial charge in [-0.1, -0.05) is 6.07 Å². The number of rotatable bonds is 2. The molecule has 2 aromatic rings. The molecule has 22 heavy (non-hydrogen) atoms. The zero-order valence-electron chi connectivity index (χ0n) is 11.6. The predicted octanol–water partition coefficient (Wildman–Crippen LogP) is 3.82. The number of benzene rings is 2. The van der Waals surface area contributed by atoms with Crippen LogP contribution in [0.4, 0.5) is 23.2 Å². The van der Waals surface area contributed by atoms with Crippen LogP contribution in [0.3, 0.4) is 0 Å². The maximum Gasteiger partial charge on any atom is 0.261 e. The van der Waals surface area contributed by atoms with E-state index in [0.717, 1.165) is 0 Å². The molecular weight excluding hydrogens is 302 g/mol. The highest BCUT2D eigenvalue weighted by Gasteiger charge is 2.25. The van der Waals surface area contributed by atoms with Gasteiger partial charge in [0.2, 0.25) is 0 Å². The first-order chi connectivity index (χ1) is 10.2. The van der Waals surface area contributed by atoms with Crippen LogP contribution in [0.1, 0.15) is 21.5 Å². The van der Waals surface area contributed by atoms with Crippen molar-refractivity contribution in [3.63, 3.8) is 0 Å². The highest BCUT2D eigenvalue weighted by atomic mass is 19.2. The number of aromatic hydroxyl groups is 1. The van der Waals surface area contributed by atoms with Crippen LogP contribution in [0.2, 0.25) is 0 Å². The molecule has 0 aliphatic rings. The van der Waals surface area contributed by atoms with Crippen LogP contribution in [0.25, 0.3) is 0 Å². The molecule has 0 unspecified atom stereocenters. The molecule has 0 aromatic heterocycles. The second kappa shape index (κ2) is 5.67. The third-order valence-corrected chi connectivity index (χ3v) is 3.22. The molecule has 116 valence electrons. The van der Waals surface area contributed by atoms with Gasteiger partial charge in [0.25, 0.3) is 5.91 Å². The van der Waals surface area contributed by atoms with E-state index in [9.17, 15) is 27.5 Å². The highest BCUT2D eigenvalue weighted by molar-refractivity contribution is 6.05. The van der Waals surface area contributed by atoms with Crippen molar-refractivity contribution in [2.24, 2.45) is 0 Å². The van der Waals surface area contributed by atoms with Gasteiger partial charge in [-0.3, -0.25) is 4.79 Å². The standard InChI is InChI=1S/C15H11F4NO2/c1-6-3-4-10(7(2)14(6)21)20-15(22)11-12(18)8(16)5-9(17)13(11)19/h3-5,21H,1-2H3,(H,20,22). The number of nitrogens with one attached hydrogen (secondary N) is 1. The highest BCUT2D eigenvalue weighted by Crippen LogP contribution is 2.29. The van der Waals surface area contributed by atoms with E-state index < -0.39 is 34.7 Å². The number of carbonyl (C=O) groups is 1. The fourth-order valence-corrected chi connectivity index (χ4v) is 1.93. The van der Waals surface area contributed by atoms with Crippen molar-refractivity contribution in [2.75, 3.05) is 5.32 Å². The molecule has 7 heteroatoms. The molecule has 0 radical (unpaired) electrons. The summed E-state index contributed by atoms with van der Waals surface area (Å²) in [5.41, 5.74) is -0.510. The minimum atomic E-state index is -1.79. The number of phenols is 1. The van der Waals surface area contributed by atoms with Gasteiger partial charge in [-0.2, -0.15) is 0 Å². The second-order valence-corrected chi connectivity index (χ2v) is 4.70. The van der Waals surface area contributed by atoms with Gasteiger partial charge >= 0.3 is 0 Å². The number of hydrogen-bond donors (Lipinski definition) is 2. The van der Waals surface area contributed by atoms with Gasteiger partial charge in [0.05, 0.1) is 0 Å². The van der Waals surface area contributed by atoms with Crippen LogP contribution in [0.5, 0.6) is 5.75 Å². The summed E-state index contributed by atoms with van der Waals surface area (Å²) >= 11 is 0. The summed E-state index contributed by atoms with van der Waals surface area (Å²) in [6.45, 7) is 3.09. The summed E-state index contributed by atoms with van der Waals surface area (Å²) in [5, 5.41) is 11.9. The van der Waals surface area contributed by atoms with E-state index in [0.29, 0.717) is 5.56 Å². The summed E-state index contributed by atoms with van der Waals surface area (Å²) in [4.78, 5) is 11.9. The molecule has 0 aliphatic heterocycles. The molecular formula is C15H11F4NO2. The Morgan fingerprint density at radius 1 is 1.05 bits per heavy atom. The van der Waals surface area contributed by atoms with E-state index in [1.54, 1.807) is 6.92 Å². The molecule has 0 spiro atoms. The van der Waals surface area contributed by atoms with E-state index >= 15 is 0 Å². The summed E-state index contributed by atoms with van der Waals surface area (Å²) in [5.74, 6) is -8.39. The number of hydrogen-bond acceptors (Lipinski definition) is 2. The van der Waals surface area contributed by atoms with Crippen LogP contribution >= 0.6 is 0 Å². The maximum absolute atomic E-state index is 13.5. The van der Waals surface area contributed by atoms with Crippen molar-refractivity contribution in [2.45, 2.75) is 13.8 Å². The van der Waals surface area contributed by atoms with E-state index in [4.69, 9.17) is 0 Å². The first-order valence-electron chi connectivity index (χ1n) is 6.17. The van der Waals surface area contributed by atoms with Gasteiger partial charge in [-0.25, -0.2) is 17.6 Å². The summed E-state index contributed by atoms with van der Waals surface area (Å²) in [7, 11) is 0. The fraction of sp³-hybridized carbons (Fsp3) is 0.133. The Kier molecular flexibility index (Phi) is 4.07. The number of carbonyl (C=O) groups excluding carboxylic acids is 1. The van der Waals surface area contributed by atoms with E-state index in [1.165, 1.54) is 19.1 Å². The van der Waals surface area contributed by atoms with Crippen molar-refractivity contribution in [3.05, 3.63) is 58.2 Å². The SMILES string of the molecule is Cc1ccc(NC(=O)c2c(F)c(F)cc(F)c2F)c(C)c1O. The Labute approximate surface area is 123 Å². The van der Waals surface area contributed by atoms with Crippen molar-refractivity contribution in [3.8, 4) is 5.75 Å². The van der Waals surface area contributed by atoms with Crippen LogP contribution < -0.4 is 5.32 Å². The molecule has 0 saturated heterocycles. The van der Waals surface area contributed by atoms with Gasteiger partial charge in [0.15, 0.2) is 23.3 Å². The van der Waals surface area contributed by atoms with Gasteiger partial charge < -0.3 is 10.4 Å². The van der Waals surface area contributed by atoms with Crippen molar-refractivity contribution in [1.82, 2.24) is 0 Å². The number of amides is 1. The van der Waals surface area contributed by atoms with Crippen LogP contribution in [0.15, 0.2) is 18.2 Å². The van der Waals surface area contributed by atoms with Gasteiger partial charge in [-0.05, 0) is 25.5 Å². The quantitative estimate of drug-likeness (QED) is 0.654. The van der Waals surface area contributed by atoms with Crippen LogP contribution in [-0.2, 0) is 0 Å². The lowest BCUT2D eigenvalue weighted by Gasteiger charge is -2.12. The van der Waals surface area contributed by atoms with E-state index in [2.05, 4.69) is 5.32 Å². The fourth-order valence-electron chi connectivity index (χ4n) is 1.93. The van der Waals surface area contributed by atoms with Crippen LogP contribution in [-0.4, -0.2) is 11.0 Å². The molecule has 2 N–H and O–H groups in total. The first-order valence-corrected chi connectivity index (χ1v) is 6.17. The van der Waals surface area contributed by atoms with Gasteiger partial charge in [0, 0.05) is 17.3 Å². The maximum atomic E-state index is 13.5. The van der Waals surface area contributed by atoms with Crippen molar-refractivity contribution >= 4 is 11.6 Å². The van der Waals surface area contributed by atoms with E-state index in [-0.39, 0.29) is 23.1 Å². The molecule has 0 fully saturated rings. The molecule has 2 rings (SSSR count). The normalized spacial score (nSPS) is 10.6. The van der Waals surface area contributed by atoms with Crippen molar-refractivity contribution in [1.29, 1.82) is 0 Å². The number of halogens is 4. The average Bonchev–Trinajstić information content (AvgIpc) is 2.46. The Bertz CT molecular complexity index is 749. The molecule has 0 saturated carbocycles. The summed E-state index contributed by atoms with van der Waals surface area (Å²) < 4.78 is 53.3. The first kappa shape index (κ1) is 15.8. The summed E-state index contributed by atoms with van der Waals surface area (Å²) in [6.07, 6.45) is 0. The second-order valence-electron chi connectivity index (χ2n) is 4.70. The Morgan fingerprint density at radius 3 is 2.14 bits per heavy atom. The number of phenolic OH excluding ortho intramolecular Hbond substituents is 1. The molecule has 0 bridgehead atoms. The largest absolute Gasteiger partial charge is 0.507 e. The van der Waals surface area contributed by atoms with E-state index in [1.807, 2.05) is 0 Å². The topological polar surface area (TPSA) is 49.3 Å². The molecule has 0 atom stereocenters. The Morgan fingerprint density at radius 2 is 1.59 bits per heavy atom. The number of anilines is 1. The zero-order valence-corrected chi connectivity index (χ0v) is 11.6. The zero-order chi connectivity index (χ0) is 16.6. The Hall–Kier alpha value is -2.57. The third kappa shape index (κ3) is 2.61. The lowest BCUT2D eigenvalue weighted by molar-refractivity contribution is 0.101. The van der Waals surface area contributed by atoms with Crippen LogP contribution in [0, 0.1) is 37.1 Å². The van der Waals surface area contributed by atoms with Crippen molar-refractivity contribution < 1.29 is 27.5 Å². The molecule has 1 amide bonds. The monoisotopic (exact) mass is 313 g/mol. The van der Waals surface area contributed by atoms with Gasteiger partial charge in [-0.15, -0.1) is 0 Å². The lowest BCUT2D eigenvalue weighted by atomic mass is 10.1.